The molecule has 10 rings (SSSR count). The van der Waals surface area contributed by atoms with E-state index in [0.29, 0.717) is 11.4 Å². The molecule has 0 unspecified atom stereocenters. The number of fused-ring (bicyclic) bond motifs is 5. The number of aromatic nitrogens is 4. The minimum absolute atomic E-state index is 0. The van der Waals surface area contributed by atoms with E-state index in [-0.39, 0.29) is 48.5 Å². The van der Waals surface area contributed by atoms with Crippen LogP contribution in [-0.2, 0) is 42.7 Å². The van der Waals surface area contributed by atoms with Gasteiger partial charge in [-0.05, 0) is 85.5 Å². The van der Waals surface area contributed by atoms with E-state index in [1.165, 1.54) is 26.6 Å². The zero-order valence-corrected chi connectivity index (χ0v) is 44.3. The molecule has 0 amide bonds. The molecule has 0 saturated heterocycles. The van der Waals surface area contributed by atoms with Gasteiger partial charge in [-0.15, -0.1) is 40.7 Å². The second kappa shape index (κ2) is 16.9. The van der Waals surface area contributed by atoms with E-state index in [4.69, 9.17) is 15.0 Å². The Balaban J connectivity index is 0.00000578. The number of phenolic OH excluding ortho intramolecular Hbond substituents is 1. The van der Waals surface area contributed by atoms with Crippen molar-refractivity contribution in [2.24, 2.45) is 0 Å². The van der Waals surface area contributed by atoms with Crippen molar-refractivity contribution in [3.05, 3.63) is 162 Å². The van der Waals surface area contributed by atoms with Gasteiger partial charge in [0, 0.05) is 52.7 Å². The van der Waals surface area contributed by atoms with Gasteiger partial charge in [0.25, 0.3) is 0 Å². The maximum atomic E-state index is 12.6. The Kier molecular flexibility index (Phi) is 11.7. The molecular formula is C61H59N4OPtS-. The van der Waals surface area contributed by atoms with Gasteiger partial charge >= 0.3 is 0 Å². The van der Waals surface area contributed by atoms with Crippen LogP contribution in [0.25, 0.3) is 92.7 Å². The first-order valence-corrected chi connectivity index (χ1v) is 24.2. The number of hydrogen-bond donors (Lipinski definition) is 1. The summed E-state index contributed by atoms with van der Waals surface area (Å²) in [5, 5.41) is 16.1. The van der Waals surface area contributed by atoms with Crippen molar-refractivity contribution in [3.8, 4) is 56.3 Å². The summed E-state index contributed by atoms with van der Waals surface area (Å²) in [5.41, 5.74) is 13.9. The number of phenols is 1. The molecule has 0 bridgehead atoms. The van der Waals surface area contributed by atoms with Crippen LogP contribution in [0.15, 0.2) is 134 Å². The molecule has 7 heteroatoms. The molecule has 0 radical (unpaired) electrons. The van der Waals surface area contributed by atoms with E-state index in [1.807, 2.05) is 0 Å². The molecular weight excluding hydrogens is 1030 g/mol. The smallest absolute Gasteiger partial charge is 0.148 e. The maximum Gasteiger partial charge on any atom is 0.148 e. The number of benzene rings is 7. The monoisotopic (exact) mass is 1090 g/mol. The van der Waals surface area contributed by atoms with Gasteiger partial charge in [0.05, 0.1) is 27.8 Å². The molecule has 1 N–H and O–H groups in total. The van der Waals surface area contributed by atoms with E-state index in [9.17, 15) is 5.11 Å². The summed E-state index contributed by atoms with van der Waals surface area (Å²) >= 11 is 1.74. The largest absolute Gasteiger partial charge is 0.507 e. The molecule has 0 aliphatic carbocycles. The van der Waals surface area contributed by atoms with Crippen LogP contribution in [0.2, 0.25) is 0 Å². The fourth-order valence-corrected chi connectivity index (χ4v) is 10.5. The SMILES string of the molecule is CC(C)(C)c1cc(-c2cccc3c2nc(-c2cc(C(C)(C)C)cc(C(C)(C)C)c2O)n3-c2ccc(C(C)(C)C)cc2-c2ccccc2)[c-]c(-c2ncnc3c2sc2cc4ccccc4cc23)c1.[Pt]. The van der Waals surface area contributed by atoms with Crippen LogP contribution in [-0.4, -0.2) is 24.6 Å². The minimum atomic E-state index is -0.335. The summed E-state index contributed by atoms with van der Waals surface area (Å²) in [6, 6.07) is 49.7. The number of nitrogens with zero attached hydrogens (tertiary/aromatic N) is 4. The van der Waals surface area contributed by atoms with Crippen molar-refractivity contribution in [1.29, 1.82) is 0 Å². The predicted octanol–water partition coefficient (Wildman–Crippen LogP) is 16.7. The van der Waals surface area contributed by atoms with E-state index >= 15 is 0 Å². The van der Waals surface area contributed by atoms with Crippen LogP contribution < -0.4 is 0 Å². The normalized spacial score (nSPS) is 12.6. The van der Waals surface area contributed by atoms with Crippen LogP contribution >= 0.6 is 11.3 Å². The maximum absolute atomic E-state index is 12.6. The first kappa shape index (κ1) is 47.1. The van der Waals surface area contributed by atoms with Crippen molar-refractivity contribution >= 4 is 53.4 Å². The first-order chi connectivity index (χ1) is 31.6. The summed E-state index contributed by atoms with van der Waals surface area (Å²) in [6.45, 7) is 26.8. The molecule has 0 fully saturated rings. The van der Waals surface area contributed by atoms with Gasteiger partial charge in [-0.2, -0.15) is 0 Å². The molecule has 5 nitrogen and oxygen atoms in total. The molecule has 0 atom stereocenters. The van der Waals surface area contributed by atoms with Crippen LogP contribution in [0, 0.1) is 6.07 Å². The molecule has 0 aliphatic rings. The third kappa shape index (κ3) is 8.38. The van der Waals surface area contributed by atoms with Gasteiger partial charge < -0.3 is 5.11 Å². The van der Waals surface area contributed by atoms with Crippen molar-refractivity contribution in [2.75, 3.05) is 0 Å². The van der Waals surface area contributed by atoms with E-state index in [2.05, 4.69) is 221 Å². The topological polar surface area (TPSA) is 63.8 Å². The fraction of sp³-hybridized carbons (Fsp3) is 0.262. The number of thiophene rings is 1. The van der Waals surface area contributed by atoms with Crippen molar-refractivity contribution in [1.82, 2.24) is 19.5 Å². The van der Waals surface area contributed by atoms with Gasteiger partial charge in [-0.25, -0.2) is 9.97 Å². The second-order valence-corrected chi connectivity index (χ2v) is 23.4. The molecule has 346 valence electrons. The summed E-state index contributed by atoms with van der Waals surface area (Å²) in [5.74, 6) is 0.929. The number of rotatable bonds is 5. The Bertz CT molecular complexity index is 3570. The third-order valence-electron chi connectivity index (χ3n) is 13.3. The molecule has 0 spiro atoms. The molecule has 68 heavy (non-hydrogen) atoms. The van der Waals surface area contributed by atoms with Gasteiger partial charge in [-0.1, -0.05) is 173 Å². The minimum Gasteiger partial charge on any atom is -0.507 e. The van der Waals surface area contributed by atoms with Crippen molar-refractivity contribution in [3.63, 3.8) is 0 Å². The van der Waals surface area contributed by atoms with Crippen molar-refractivity contribution in [2.45, 2.75) is 105 Å². The Morgan fingerprint density at radius 2 is 1.18 bits per heavy atom. The average molecular weight is 1090 g/mol. The van der Waals surface area contributed by atoms with Crippen LogP contribution in [0.4, 0.5) is 0 Å². The average Bonchev–Trinajstić information content (AvgIpc) is 3.85. The van der Waals surface area contributed by atoms with Gasteiger partial charge in [-0.3, -0.25) is 9.55 Å². The number of aromatic hydroxyl groups is 1. The molecule has 0 aliphatic heterocycles. The molecule has 3 aromatic heterocycles. The quantitative estimate of drug-likeness (QED) is 0.174. The summed E-state index contributed by atoms with van der Waals surface area (Å²) in [4.78, 5) is 15.6. The number of para-hydroxylation sites is 1. The zero-order chi connectivity index (χ0) is 47.4. The van der Waals surface area contributed by atoms with Crippen LogP contribution in [0.1, 0.15) is 105 Å². The predicted molar refractivity (Wildman–Crippen MR) is 284 cm³/mol. The molecule has 0 saturated carbocycles. The Labute approximate surface area is 419 Å². The third-order valence-corrected chi connectivity index (χ3v) is 14.4. The first-order valence-electron chi connectivity index (χ1n) is 23.4. The van der Waals surface area contributed by atoms with Gasteiger partial charge in [0.1, 0.15) is 17.9 Å². The fourth-order valence-electron chi connectivity index (χ4n) is 9.33. The Morgan fingerprint density at radius 1 is 0.544 bits per heavy atom. The summed E-state index contributed by atoms with van der Waals surface area (Å²) in [6.07, 6.45) is 1.70. The number of hydrogen-bond acceptors (Lipinski definition) is 5. The second-order valence-electron chi connectivity index (χ2n) is 22.4. The summed E-state index contributed by atoms with van der Waals surface area (Å²) in [7, 11) is 0. The molecule has 7 aromatic carbocycles. The van der Waals surface area contributed by atoms with Gasteiger partial charge in [0.2, 0.25) is 0 Å². The number of imidazole rings is 1. The van der Waals surface area contributed by atoms with Crippen LogP contribution in [0.3, 0.4) is 0 Å². The van der Waals surface area contributed by atoms with Gasteiger partial charge in [0.15, 0.2) is 0 Å². The Hall–Kier alpha value is -5.94. The zero-order valence-electron chi connectivity index (χ0n) is 41.2. The Morgan fingerprint density at radius 3 is 1.85 bits per heavy atom. The summed E-state index contributed by atoms with van der Waals surface area (Å²) < 4.78 is 4.51. The van der Waals surface area contributed by atoms with Crippen LogP contribution in [0.5, 0.6) is 5.75 Å². The molecule has 10 aromatic rings. The van der Waals surface area contributed by atoms with E-state index in [1.54, 1.807) is 17.7 Å². The standard InChI is InChI=1S/C61H59N4OS.Pt/c1-58(2,3)41-25-26-49(45(32-41)36-19-14-13-15-20-36)65-50-24-18-23-44(53(50)64-57(65)47-33-43(60(7,8)9)34-48(55(47)66)61(10,11)12)39-27-40(29-42(28-39)59(4,5)6)52-56-54(63-35-62-52)46-30-37-21-16-17-22-38(37)31-51(46)67-56;/h13-26,28-35,66H,1-12H3;/q-1;. The molecule has 3 heterocycles. The van der Waals surface area contributed by atoms with Crippen molar-refractivity contribution < 1.29 is 26.2 Å². The van der Waals surface area contributed by atoms with E-state index < -0.39 is 0 Å². The van der Waals surface area contributed by atoms with E-state index in [0.717, 1.165) is 77.0 Å².